The molecule has 1 atom stereocenters. The predicted octanol–water partition coefficient (Wildman–Crippen LogP) is 1.69. The molecule has 0 bridgehead atoms. The molecule has 2 N–H and O–H groups in total. The Morgan fingerprint density at radius 3 is 2.47 bits per heavy atom. The first kappa shape index (κ1) is 13.9. The van der Waals surface area contributed by atoms with Crippen LogP contribution >= 0.6 is 0 Å². The smallest absolute Gasteiger partial charge is 0.137 e. The molecule has 1 heterocycles. The summed E-state index contributed by atoms with van der Waals surface area (Å²) >= 11 is 0. The van der Waals surface area contributed by atoms with Gasteiger partial charge in [0.05, 0.1) is 13.3 Å². The van der Waals surface area contributed by atoms with E-state index in [1.54, 1.807) is 32.5 Å². The fourth-order valence-electron chi connectivity index (χ4n) is 1.36. The van der Waals surface area contributed by atoms with Crippen LogP contribution in [0.3, 0.4) is 0 Å². The van der Waals surface area contributed by atoms with Crippen LogP contribution < -0.4 is 10.1 Å². The topological polar surface area (TPSA) is 54.4 Å². The minimum absolute atomic E-state index is 0.0315. The summed E-state index contributed by atoms with van der Waals surface area (Å²) in [5.41, 5.74) is -0.251. The van der Waals surface area contributed by atoms with Crippen molar-refractivity contribution < 1.29 is 9.84 Å². The molecule has 0 saturated heterocycles. The van der Waals surface area contributed by atoms with Crippen molar-refractivity contribution in [2.45, 2.75) is 38.8 Å². The molecule has 0 aliphatic heterocycles. The van der Waals surface area contributed by atoms with E-state index in [0.29, 0.717) is 12.3 Å². The van der Waals surface area contributed by atoms with Crippen molar-refractivity contribution in [1.82, 2.24) is 10.3 Å². The van der Waals surface area contributed by atoms with Gasteiger partial charge in [0.25, 0.3) is 0 Å². The molecule has 0 radical (unpaired) electrons. The largest absolute Gasteiger partial charge is 0.495 e. The summed E-state index contributed by atoms with van der Waals surface area (Å²) in [6.07, 6.45) is 3.28. The van der Waals surface area contributed by atoms with Gasteiger partial charge in [-0.25, -0.2) is 0 Å². The number of hydrogen-bond donors (Lipinski definition) is 2. The highest BCUT2D eigenvalue weighted by atomic mass is 16.5. The SMILES string of the molecule is COc1cncc(C(C)(O)CNC(C)(C)C)c1. The zero-order valence-corrected chi connectivity index (χ0v) is 11.2. The highest BCUT2D eigenvalue weighted by Crippen LogP contribution is 2.23. The van der Waals surface area contributed by atoms with E-state index >= 15 is 0 Å². The van der Waals surface area contributed by atoms with E-state index < -0.39 is 5.60 Å². The Bertz CT molecular complexity index is 370. The summed E-state index contributed by atoms with van der Waals surface area (Å²) in [5.74, 6) is 0.651. The van der Waals surface area contributed by atoms with Crippen molar-refractivity contribution in [1.29, 1.82) is 0 Å². The molecule has 96 valence electrons. The Balaban J connectivity index is 2.81. The molecule has 17 heavy (non-hydrogen) atoms. The van der Waals surface area contributed by atoms with Gasteiger partial charge in [-0.2, -0.15) is 0 Å². The molecular weight excluding hydrogens is 216 g/mol. The van der Waals surface area contributed by atoms with Crippen LogP contribution in [-0.2, 0) is 5.60 Å². The lowest BCUT2D eigenvalue weighted by Crippen LogP contribution is -2.44. The normalized spacial score (nSPS) is 15.4. The number of hydrogen-bond acceptors (Lipinski definition) is 4. The maximum atomic E-state index is 10.4. The highest BCUT2D eigenvalue weighted by molar-refractivity contribution is 5.27. The Morgan fingerprint density at radius 1 is 1.29 bits per heavy atom. The van der Waals surface area contributed by atoms with Gasteiger partial charge >= 0.3 is 0 Å². The maximum absolute atomic E-state index is 10.4. The van der Waals surface area contributed by atoms with Gasteiger partial charge in [0.1, 0.15) is 11.4 Å². The van der Waals surface area contributed by atoms with E-state index in [-0.39, 0.29) is 5.54 Å². The Labute approximate surface area is 103 Å². The minimum atomic E-state index is -0.963. The van der Waals surface area contributed by atoms with Crippen LogP contribution in [-0.4, -0.2) is 29.3 Å². The number of methoxy groups -OCH3 is 1. The van der Waals surface area contributed by atoms with Crippen LogP contribution in [0.25, 0.3) is 0 Å². The van der Waals surface area contributed by atoms with Gasteiger partial charge in [0, 0.05) is 23.8 Å². The standard InChI is InChI=1S/C13H22N2O2/c1-12(2,3)15-9-13(4,16)10-6-11(17-5)8-14-7-10/h6-8,15-16H,9H2,1-5H3. The molecule has 1 aromatic heterocycles. The van der Waals surface area contributed by atoms with Crippen molar-refractivity contribution in [2.24, 2.45) is 0 Å². The third-order valence-electron chi connectivity index (χ3n) is 2.53. The maximum Gasteiger partial charge on any atom is 0.137 e. The average Bonchev–Trinajstić information content (AvgIpc) is 2.26. The molecule has 0 amide bonds. The van der Waals surface area contributed by atoms with Crippen molar-refractivity contribution >= 4 is 0 Å². The zero-order valence-electron chi connectivity index (χ0n) is 11.2. The van der Waals surface area contributed by atoms with E-state index in [4.69, 9.17) is 4.74 Å². The fourth-order valence-corrected chi connectivity index (χ4v) is 1.36. The number of rotatable bonds is 4. The number of nitrogens with zero attached hydrogens (tertiary/aromatic N) is 1. The van der Waals surface area contributed by atoms with E-state index in [2.05, 4.69) is 31.1 Å². The quantitative estimate of drug-likeness (QED) is 0.838. The third-order valence-corrected chi connectivity index (χ3v) is 2.53. The summed E-state index contributed by atoms with van der Waals surface area (Å²) in [6.45, 7) is 8.42. The molecule has 0 aliphatic carbocycles. The van der Waals surface area contributed by atoms with Crippen molar-refractivity contribution in [3.8, 4) is 5.75 Å². The average molecular weight is 238 g/mol. The van der Waals surface area contributed by atoms with E-state index in [9.17, 15) is 5.11 Å². The Kier molecular flexibility index (Phi) is 4.11. The molecule has 4 heteroatoms. The van der Waals surface area contributed by atoms with Gasteiger partial charge in [0.2, 0.25) is 0 Å². The van der Waals surface area contributed by atoms with Gasteiger partial charge in [-0.1, -0.05) is 0 Å². The van der Waals surface area contributed by atoms with Crippen molar-refractivity contribution in [2.75, 3.05) is 13.7 Å². The summed E-state index contributed by atoms with van der Waals surface area (Å²) in [5, 5.41) is 13.7. The zero-order chi connectivity index (χ0) is 13.1. The first-order chi connectivity index (χ1) is 7.74. The van der Waals surface area contributed by atoms with Gasteiger partial charge in [-0.05, 0) is 33.8 Å². The summed E-state index contributed by atoms with van der Waals surface area (Å²) in [4.78, 5) is 4.05. The monoisotopic (exact) mass is 238 g/mol. The second-order valence-electron chi connectivity index (χ2n) is 5.49. The highest BCUT2D eigenvalue weighted by Gasteiger charge is 2.25. The van der Waals surface area contributed by atoms with Crippen LogP contribution in [0.15, 0.2) is 18.5 Å². The van der Waals surface area contributed by atoms with E-state index in [1.807, 2.05) is 0 Å². The van der Waals surface area contributed by atoms with Crippen LogP contribution in [0.5, 0.6) is 5.75 Å². The number of β-amino-alcohol motifs (C(OH)–C–C–N with tert-alkyl or cyclic N) is 1. The van der Waals surface area contributed by atoms with E-state index in [0.717, 1.165) is 5.56 Å². The number of pyridine rings is 1. The molecular formula is C13H22N2O2. The Hall–Kier alpha value is -1.13. The summed E-state index contributed by atoms with van der Waals surface area (Å²) in [6, 6.07) is 1.80. The second kappa shape index (κ2) is 5.02. The first-order valence-corrected chi connectivity index (χ1v) is 5.71. The van der Waals surface area contributed by atoms with Crippen LogP contribution in [0, 0.1) is 0 Å². The Morgan fingerprint density at radius 2 is 1.94 bits per heavy atom. The lowest BCUT2D eigenvalue weighted by molar-refractivity contribution is 0.0496. The van der Waals surface area contributed by atoms with Gasteiger partial charge < -0.3 is 15.2 Å². The van der Waals surface area contributed by atoms with Crippen molar-refractivity contribution in [3.05, 3.63) is 24.0 Å². The molecule has 4 nitrogen and oxygen atoms in total. The van der Waals surface area contributed by atoms with Crippen LogP contribution in [0.1, 0.15) is 33.3 Å². The van der Waals surface area contributed by atoms with E-state index in [1.165, 1.54) is 0 Å². The second-order valence-corrected chi connectivity index (χ2v) is 5.49. The molecule has 0 aromatic carbocycles. The van der Waals surface area contributed by atoms with Crippen LogP contribution in [0.4, 0.5) is 0 Å². The lowest BCUT2D eigenvalue weighted by Gasteiger charge is -2.29. The predicted molar refractivity (Wildman–Crippen MR) is 68.1 cm³/mol. The molecule has 1 unspecified atom stereocenters. The van der Waals surface area contributed by atoms with Gasteiger partial charge in [-0.3, -0.25) is 4.98 Å². The van der Waals surface area contributed by atoms with Crippen molar-refractivity contribution in [3.63, 3.8) is 0 Å². The minimum Gasteiger partial charge on any atom is -0.495 e. The number of ether oxygens (including phenoxy) is 1. The van der Waals surface area contributed by atoms with Crippen LogP contribution in [0.2, 0.25) is 0 Å². The molecule has 0 aliphatic rings. The molecule has 0 fully saturated rings. The molecule has 1 rings (SSSR count). The lowest BCUT2D eigenvalue weighted by atomic mass is 9.96. The fraction of sp³-hybridized carbons (Fsp3) is 0.615. The summed E-state index contributed by atoms with van der Waals surface area (Å²) in [7, 11) is 1.59. The van der Waals surface area contributed by atoms with Gasteiger partial charge in [0.15, 0.2) is 0 Å². The van der Waals surface area contributed by atoms with Gasteiger partial charge in [-0.15, -0.1) is 0 Å². The third kappa shape index (κ3) is 4.32. The molecule has 0 spiro atoms. The number of aliphatic hydroxyl groups is 1. The molecule has 0 saturated carbocycles. The molecule has 1 aromatic rings. The number of aromatic nitrogens is 1. The first-order valence-electron chi connectivity index (χ1n) is 5.71. The number of nitrogens with one attached hydrogen (secondary N) is 1. The summed E-state index contributed by atoms with van der Waals surface area (Å²) < 4.78 is 5.10.